The van der Waals surface area contributed by atoms with Crippen LogP contribution in [0.1, 0.15) is 40.3 Å². The van der Waals surface area contributed by atoms with Gasteiger partial charge < -0.3 is 25.0 Å². The van der Waals surface area contributed by atoms with Crippen molar-refractivity contribution in [1.29, 1.82) is 0 Å². The summed E-state index contributed by atoms with van der Waals surface area (Å²) in [4.78, 5) is 46.8. The number of carbonyl (C=O) groups is 3. The summed E-state index contributed by atoms with van der Waals surface area (Å²) < 4.78 is 22.7. The molecule has 11 heteroatoms. The molecule has 0 saturated carbocycles. The number of carbonyl (C=O) groups excluding carboxylic acids is 2. The number of fused-ring (bicyclic) bond motifs is 1. The van der Waals surface area contributed by atoms with Gasteiger partial charge in [0.15, 0.2) is 0 Å². The van der Waals surface area contributed by atoms with Gasteiger partial charge in [0.1, 0.15) is 23.1 Å². The minimum Gasteiger partial charge on any atom is -0.494 e. The van der Waals surface area contributed by atoms with E-state index in [4.69, 9.17) is 9.72 Å². The molecule has 5 aromatic rings. The average molecular weight is 650 g/mol. The molecule has 1 aliphatic heterocycles. The summed E-state index contributed by atoms with van der Waals surface area (Å²) in [6.07, 6.45) is 1.60. The van der Waals surface area contributed by atoms with Crippen molar-refractivity contribution in [2.24, 2.45) is 0 Å². The maximum Gasteiger partial charge on any atom is 0.336 e. The Morgan fingerprint density at radius 2 is 1.81 bits per heavy atom. The molecule has 2 N–H and O–H groups in total. The van der Waals surface area contributed by atoms with Crippen LogP contribution in [0.3, 0.4) is 0 Å². The minimum atomic E-state index is -1.03. The van der Waals surface area contributed by atoms with E-state index in [1.54, 1.807) is 52.9 Å². The number of aryl methyl sites for hydroxylation is 1. The predicted octanol–water partition coefficient (Wildman–Crippen LogP) is 5.70. The van der Waals surface area contributed by atoms with E-state index in [1.807, 2.05) is 54.3 Å². The van der Waals surface area contributed by atoms with Gasteiger partial charge in [0.25, 0.3) is 5.91 Å². The molecule has 0 spiro atoms. The Balaban J connectivity index is 1.36. The van der Waals surface area contributed by atoms with E-state index in [0.717, 1.165) is 10.9 Å². The Labute approximate surface area is 277 Å². The summed E-state index contributed by atoms with van der Waals surface area (Å²) in [5.41, 5.74) is 2.66. The lowest BCUT2D eigenvalue weighted by molar-refractivity contribution is -0.119. The number of hydrogen-bond donors (Lipinski definition) is 2. The van der Waals surface area contributed by atoms with E-state index in [1.165, 1.54) is 13.0 Å². The van der Waals surface area contributed by atoms with E-state index < -0.39 is 17.8 Å². The zero-order chi connectivity index (χ0) is 33.9. The SMILES string of the molecule is CCOc1cccc(-n2cc(C(=O)N3CCN(c4cc(C(=O)O)c5ccccc5c4)C[C@H]3CNC(C)=O)nc2-c2ccc(C)cc2F)c1. The van der Waals surface area contributed by atoms with Gasteiger partial charge in [0, 0.05) is 51.1 Å². The Kier molecular flexibility index (Phi) is 9.11. The number of benzene rings is 4. The van der Waals surface area contributed by atoms with Crippen molar-refractivity contribution in [1.82, 2.24) is 19.8 Å². The highest BCUT2D eigenvalue weighted by Gasteiger charge is 2.34. The zero-order valence-electron chi connectivity index (χ0n) is 26.9. The first kappa shape index (κ1) is 32.2. The predicted molar refractivity (Wildman–Crippen MR) is 181 cm³/mol. The lowest BCUT2D eigenvalue weighted by Crippen LogP contribution is -2.59. The second kappa shape index (κ2) is 13.6. The number of carboxylic acids is 1. The summed E-state index contributed by atoms with van der Waals surface area (Å²) in [5.74, 6) is -1.22. The molecular weight excluding hydrogens is 613 g/mol. The Morgan fingerprint density at radius 3 is 2.56 bits per heavy atom. The molecule has 1 fully saturated rings. The number of nitrogens with one attached hydrogen (secondary N) is 1. The van der Waals surface area contributed by atoms with E-state index in [-0.39, 0.29) is 47.5 Å². The van der Waals surface area contributed by atoms with Crippen LogP contribution in [0.2, 0.25) is 0 Å². The quantitative estimate of drug-likeness (QED) is 0.210. The number of halogens is 1. The Hall–Kier alpha value is -5.71. The van der Waals surface area contributed by atoms with Gasteiger partial charge in [-0.25, -0.2) is 14.2 Å². The molecule has 1 aromatic heterocycles. The van der Waals surface area contributed by atoms with Gasteiger partial charge in [0.2, 0.25) is 5.91 Å². The fourth-order valence-electron chi connectivity index (χ4n) is 6.16. The summed E-state index contributed by atoms with van der Waals surface area (Å²) in [6.45, 7) is 6.76. The van der Waals surface area contributed by atoms with E-state index in [0.29, 0.717) is 42.2 Å². The molecule has 0 radical (unpaired) electrons. The normalized spacial score (nSPS) is 14.6. The first-order valence-corrected chi connectivity index (χ1v) is 15.8. The fraction of sp³-hybridized carbons (Fsp3) is 0.243. The van der Waals surface area contributed by atoms with Gasteiger partial charge in [-0.05, 0) is 66.6 Å². The molecule has 0 bridgehead atoms. The van der Waals surface area contributed by atoms with Crippen LogP contribution in [-0.2, 0) is 4.79 Å². The van der Waals surface area contributed by atoms with Crippen molar-refractivity contribution in [3.05, 3.63) is 108 Å². The minimum absolute atomic E-state index is 0.118. The smallest absolute Gasteiger partial charge is 0.336 e. The number of nitrogens with zero attached hydrogens (tertiary/aromatic N) is 4. The molecule has 1 aliphatic rings. The van der Waals surface area contributed by atoms with Crippen molar-refractivity contribution in [3.8, 4) is 22.8 Å². The van der Waals surface area contributed by atoms with Gasteiger partial charge in [-0.2, -0.15) is 0 Å². The number of aromatic carboxylic acids is 1. The lowest BCUT2D eigenvalue weighted by atomic mass is 10.0. The first-order chi connectivity index (χ1) is 23.1. The van der Waals surface area contributed by atoms with Crippen LogP contribution < -0.4 is 15.0 Å². The van der Waals surface area contributed by atoms with Crippen molar-refractivity contribution in [2.45, 2.75) is 26.8 Å². The molecule has 1 atom stereocenters. The second-order valence-corrected chi connectivity index (χ2v) is 11.8. The van der Waals surface area contributed by atoms with Crippen molar-refractivity contribution in [2.75, 3.05) is 37.7 Å². The molecule has 48 heavy (non-hydrogen) atoms. The second-order valence-electron chi connectivity index (χ2n) is 11.8. The molecular formula is C37H36FN5O5. The maximum absolute atomic E-state index is 15.4. The van der Waals surface area contributed by atoms with E-state index >= 15 is 4.39 Å². The summed E-state index contributed by atoms with van der Waals surface area (Å²) >= 11 is 0. The number of ether oxygens (including phenoxy) is 1. The van der Waals surface area contributed by atoms with Gasteiger partial charge in [-0.15, -0.1) is 0 Å². The number of imidazole rings is 1. The third kappa shape index (κ3) is 6.57. The number of aromatic nitrogens is 2. The number of piperazine rings is 1. The fourth-order valence-corrected chi connectivity index (χ4v) is 6.16. The number of carboxylic acid groups (broad SMARTS) is 1. The summed E-state index contributed by atoms with van der Waals surface area (Å²) in [5, 5.41) is 14.2. The Morgan fingerprint density at radius 1 is 1.00 bits per heavy atom. The van der Waals surface area contributed by atoms with Crippen LogP contribution >= 0.6 is 0 Å². The van der Waals surface area contributed by atoms with E-state index in [9.17, 15) is 19.5 Å². The number of rotatable bonds is 9. The van der Waals surface area contributed by atoms with Gasteiger partial charge in [0.05, 0.1) is 29.5 Å². The van der Waals surface area contributed by atoms with E-state index in [2.05, 4.69) is 5.32 Å². The van der Waals surface area contributed by atoms with Crippen LogP contribution in [0.25, 0.3) is 27.8 Å². The topological polar surface area (TPSA) is 117 Å². The zero-order valence-corrected chi connectivity index (χ0v) is 26.9. The van der Waals surface area contributed by atoms with Crippen LogP contribution in [0, 0.1) is 12.7 Å². The van der Waals surface area contributed by atoms with Crippen molar-refractivity contribution in [3.63, 3.8) is 0 Å². The molecule has 2 heterocycles. The number of amides is 2. The average Bonchev–Trinajstić information content (AvgIpc) is 3.52. The number of hydrogen-bond acceptors (Lipinski definition) is 6. The van der Waals surface area contributed by atoms with Crippen LogP contribution in [0.5, 0.6) is 5.75 Å². The third-order valence-corrected chi connectivity index (χ3v) is 8.47. The molecule has 0 aliphatic carbocycles. The van der Waals surface area contributed by atoms with Crippen LogP contribution in [0.15, 0.2) is 85.1 Å². The number of anilines is 1. The van der Waals surface area contributed by atoms with Crippen molar-refractivity contribution >= 4 is 34.2 Å². The van der Waals surface area contributed by atoms with Crippen molar-refractivity contribution < 1.29 is 28.6 Å². The lowest BCUT2D eigenvalue weighted by Gasteiger charge is -2.42. The molecule has 10 nitrogen and oxygen atoms in total. The van der Waals surface area contributed by atoms with Crippen LogP contribution in [-0.4, -0.2) is 76.2 Å². The third-order valence-electron chi connectivity index (χ3n) is 8.47. The largest absolute Gasteiger partial charge is 0.494 e. The highest BCUT2D eigenvalue weighted by atomic mass is 19.1. The highest BCUT2D eigenvalue weighted by molar-refractivity contribution is 6.05. The highest BCUT2D eigenvalue weighted by Crippen LogP contribution is 2.31. The first-order valence-electron chi connectivity index (χ1n) is 15.8. The summed E-state index contributed by atoms with van der Waals surface area (Å²) in [6, 6.07) is 22.6. The monoisotopic (exact) mass is 649 g/mol. The van der Waals surface area contributed by atoms with Gasteiger partial charge in [-0.3, -0.25) is 14.2 Å². The van der Waals surface area contributed by atoms with Gasteiger partial charge >= 0.3 is 5.97 Å². The molecule has 246 valence electrons. The molecule has 2 amide bonds. The molecule has 4 aromatic carbocycles. The molecule has 0 unspecified atom stereocenters. The Bertz CT molecular complexity index is 2030. The molecule has 1 saturated heterocycles. The standard InChI is InChI=1S/C37H36FN5O5/c1-4-48-29-10-7-9-26(18-29)43-22-34(40-35(43)31-13-12-23(2)16-33(31)38)36(45)42-15-14-41(21-28(42)20-39-24(3)44)27-17-25-8-5-6-11-30(25)32(19-27)37(46)47/h5-13,16-19,22,28H,4,14-15,20-21H2,1-3H3,(H,39,44)(H,46,47)/t28-/m1/s1. The van der Waals surface area contributed by atoms with Gasteiger partial charge in [-0.1, -0.05) is 36.4 Å². The van der Waals surface area contributed by atoms with Crippen LogP contribution in [0.4, 0.5) is 10.1 Å². The molecule has 6 rings (SSSR count). The summed E-state index contributed by atoms with van der Waals surface area (Å²) in [7, 11) is 0. The maximum atomic E-state index is 15.4.